The van der Waals surface area contributed by atoms with Crippen LogP contribution in [0.3, 0.4) is 0 Å². The Morgan fingerprint density at radius 2 is 1.84 bits per heavy atom. The molecule has 6 heteroatoms. The maximum atomic E-state index is 13.1. The zero-order valence-electron chi connectivity index (χ0n) is 9.82. The molecule has 1 aromatic heterocycles. The highest BCUT2D eigenvalue weighted by atomic mass is 79.9. The molecular weight excluding hydrogens is 379 g/mol. The van der Waals surface area contributed by atoms with Crippen molar-refractivity contribution >= 4 is 27.5 Å². The highest BCUT2D eigenvalue weighted by Crippen LogP contribution is 2.11. The number of nitrogen functional groups attached to an aromatic ring is 1. The maximum absolute atomic E-state index is 13.1. The molecule has 1 aromatic carbocycles. The van der Waals surface area contributed by atoms with Gasteiger partial charge in [0.1, 0.15) is 6.20 Å². The molecule has 0 radical (unpaired) electrons. The summed E-state index contributed by atoms with van der Waals surface area (Å²) >= 11 is 3.30. The lowest BCUT2D eigenvalue weighted by Crippen LogP contribution is -3.00. The van der Waals surface area contributed by atoms with E-state index in [9.17, 15) is 9.18 Å². The molecule has 0 saturated heterocycles. The first-order valence-corrected chi connectivity index (χ1v) is 6.09. The van der Waals surface area contributed by atoms with Gasteiger partial charge in [-0.3, -0.25) is 10.5 Å². The number of nitrogens with zero attached hydrogens (tertiary/aromatic N) is 1. The third-order valence-corrected chi connectivity index (χ3v) is 3.03. The first-order valence-electron chi connectivity index (χ1n) is 5.29. The van der Waals surface area contributed by atoms with Crippen LogP contribution in [0.5, 0.6) is 0 Å². The number of anilines is 1. The van der Waals surface area contributed by atoms with Crippen molar-refractivity contribution in [1.82, 2.24) is 0 Å². The Bertz CT molecular complexity index is 588. The van der Waals surface area contributed by atoms with E-state index in [0.29, 0.717) is 11.4 Å². The predicted molar refractivity (Wildman–Crippen MR) is 69.5 cm³/mol. The number of benzene rings is 1. The zero-order valence-corrected chi connectivity index (χ0v) is 13.0. The van der Waals surface area contributed by atoms with E-state index in [1.54, 1.807) is 24.3 Å². The van der Waals surface area contributed by atoms with E-state index in [1.807, 2.05) is 0 Å². The first-order chi connectivity index (χ1) is 8.56. The van der Waals surface area contributed by atoms with Crippen molar-refractivity contribution in [2.45, 2.75) is 6.54 Å². The molecular formula is C13H11Br2FN2O. The van der Waals surface area contributed by atoms with E-state index < -0.39 is 5.82 Å². The van der Waals surface area contributed by atoms with Crippen LogP contribution >= 0.6 is 15.9 Å². The number of rotatable bonds is 3. The fourth-order valence-corrected chi connectivity index (χ4v) is 1.81. The number of carbonyl (C=O) groups excluding carboxylic acids is 1. The molecule has 0 fully saturated rings. The van der Waals surface area contributed by atoms with E-state index in [1.165, 1.54) is 22.9 Å². The average Bonchev–Trinajstić information content (AvgIpc) is 2.34. The molecule has 0 unspecified atom stereocenters. The van der Waals surface area contributed by atoms with Crippen molar-refractivity contribution < 1.29 is 30.7 Å². The maximum Gasteiger partial charge on any atom is 0.272 e. The largest absolute Gasteiger partial charge is 1.00 e. The van der Waals surface area contributed by atoms with Crippen LogP contribution in [0, 0.1) is 5.82 Å². The van der Waals surface area contributed by atoms with Crippen molar-refractivity contribution in [3.8, 4) is 0 Å². The van der Waals surface area contributed by atoms with Crippen LogP contribution in [-0.4, -0.2) is 5.78 Å². The number of hydrogen-bond acceptors (Lipinski definition) is 2. The zero-order chi connectivity index (χ0) is 13.1. The lowest BCUT2D eigenvalue weighted by molar-refractivity contribution is -0.670. The number of aromatic nitrogens is 1. The van der Waals surface area contributed by atoms with Gasteiger partial charge in [0.05, 0.1) is 0 Å². The van der Waals surface area contributed by atoms with Gasteiger partial charge >= 0.3 is 0 Å². The SMILES string of the molecule is Nc1ccc(F)c[n+]1CC(=O)c1ccc(Br)cc1.[Br-]. The summed E-state index contributed by atoms with van der Waals surface area (Å²) in [4.78, 5) is 12.0. The number of pyridine rings is 1. The van der Waals surface area contributed by atoms with Gasteiger partial charge in [-0.25, -0.2) is 8.96 Å². The summed E-state index contributed by atoms with van der Waals surface area (Å²) in [5, 5.41) is 0. The normalized spacial score (nSPS) is 9.79. The van der Waals surface area contributed by atoms with Crippen molar-refractivity contribution in [1.29, 1.82) is 0 Å². The van der Waals surface area contributed by atoms with Crippen LogP contribution in [0.2, 0.25) is 0 Å². The smallest absolute Gasteiger partial charge is 0.272 e. The topological polar surface area (TPSA) is 47.0 Å². The minimum absolute atomic E-state index is 0. The quantitative estimate of drug-likeness (QED) is 0.560. The van der Waals surface area contributed by atoms with E-state index >= 15 is 0 Å². The van der Waals surface area contributed by atoms with E-state index in [0.717, 1.165) is 4.47 Å². The molecule has 0 aliphatic heterocycles. The number of ketones is 1. The summed E-state index contributed by atoms with van der Waals surface area (Å²) in [6.07, 6.45) is 1.21. The van der Waals surface area contributed by atoms with Crippen molar-refractivity contribution in [2.75, 3.05) is 5.73 Å². The fourth-order valence-electron chi connectivity index (χ4n) is 1.55. The molecule has 0 aliphatic carbocycles. The van der Waals surface area contributed by atoms with Crippen LogP contribution in [0.1, 0.15) is 10.4 Å². The Hall–Kier alpha value is -1.27. The first kappa shape index (κ1) is 15.8. The van der Waals surface area contributed by atoms with Gasteiger partial charge in [-0.2, -0.15) is 0 Å². The lowest BCUT2D eigenvalue weighted by atomic mass is 10.1. The van der Waals surface area contributed by atoms with Gasteiger partial charge in [0.25, 0.3) is 5.82 Å². The lowest BCUT2D eigenvalue weighted by Gasteiger charge is -2.03. The van der Waals surface area contributed by atoms with Crippen LogP contribution in [0.15, 0.2) is 47.1 Å². The molecule has 2 aromatic rings. The van der Waals surface area contributed by atoms with Gasteiger partial charge in [0.2, 0.25) is 5.78 Å². The van der Waals surface area contributed by atoms with Crippen molar-refractivity contribution in [3.63, 3.8) is 0 Å². The molecule has 0 atom stereocenters. The fraction of sp³-hybridized carbons (Fsp3) is 0.0769. The van der Waals surface area contributed by atoms with E-state index in [-0.39, 0.29) is 29.3 Å². The van der Waals surface area contributed by atoms with Crippen LogP contribution in [0.4, 0.5) is 10.2 Å². The Morgan fingerprint density at radius 3 is 2.47 bits per heavy atom. The summed E-state index contributed by atoms with van der Waals surface area (Å²) in [5.41, 5.74) is 6.24. The molecule has 2 N–H and O–H groups in total. The van der Waals surface area contributed by atoms with Crippen LogP contribution in [-0.2, 0) is 6.54 Å². The standard InChI is InChI=1S/C13H10BrFN2O.BrH/c14-10-3-1-9(2-4-10)12(18)8-17-7-11(15)5-6-13(17)16;/h1-7,16H,8H2;1H. The second-order valence-corrected chi connectivity index (χ2v) is 4.75. The van der Waals surface area contributed by atoms with Gasteiger partial charge in [-0.05, 0) is 18.2 Å². The van der Waals surface area contributed by atoms with E-state index in [2.05, 4.69) is 15.9 Å². The number of Topliss-reactive ketones (excluding diaryl/α,β-unsaturated/α-hetero) is 1. The number of carbonyl (C=O) groups is 1. The van der Waals surface area contributed by atoms with Crippen molar-refractivity contribution in [2.24, 2.45) is 0 Å². The number of halogens is 3. The van der Waals surface area contributed by atoms with Crippen LogP contribution in [0.25, 0.3) is 0 Å². The molecule has 0 saturated carbocycles. The average molecular weight is 390 g/mol. The third-order valence-electron chi connectivity index (χ3n) is 2.50. The summed E-state index contributed by atoms with van der Waals surface area (Å²) in [6, 6.07) is 9.69. The summed E-state index contributed by atoms with van der Waals surface area (Å²) in [5.74, 6) is -0.195. The highest BCUT2D eigenvalue weighted by Gasteiger charge is 2.13. The molecule has 0 aliphatic rings. The number of nitrogens with two attached hydrogens (primary N) is 1. The molecule has 0 spiro atoms. The van der Waals surface area contributed by atoms with Crippen molar-refractivity contribution in [3.05, 3.63) is 58.4 Å². The summed E-state index contributed by atoms with van der Waals surface area (Å²) in [7, 11) is 0. The minimum atomic E-state index is -0.423. The molecule has 100 valence electrons. The van der Waals surface area contributed by atoms with Gasteiger partial charge in [0, 0.05) is 16.1 Å². The Balaban J connectivity index is 0.00000180. The second kappa shape index (κ2) is 6.77. The summed E-state index contributed by atoms with van der Waals surface area (Å²) in [6.45, 7) is 0.0191. The third kappa shape index (κ3) is 4.11. The Morgan fingerprint density at radius 1 is 1.21 bits per heavy atom. The monoisotopic (exact) mass is 388 g/mol. The van der Waals surface area contributed by atoms with Gasteiger partial charge in [0.15, 0.2) is 12.4 Å². The second-order valence-electron chi connectivity index (χ2n) is 3.83. The predicted octanol–water partition coefficient (Wildman–Crippen LogP) is -0.655. The van der Waals surface area contributed by atoms with E-state index in [4.69, 9.17) is 5.73 Å². The van der Waals surface area contributed by atoms with Crippen LogP contribution < -0.4 is 27.3 Å². The molecule has 3 nitrogen and oxygen atoms in total. The highest BCUT2D eigenvalue weighted by molar-refractivity contribution is 9.10. The van der Waals surface area contributed by atoms with Gasteiger partial charge < -0.3 is 17.0 Å². The Kier molecular flexibility index (Phi) is 5.62. The molecule has 2 rings (SSSR count). The van der Waals surface area contributed by atoms with Gasteiger partial charge in [-0.1, -0.05) is 28.1 Å². The molecule has 0 amide bonds. The Labute approximate surface area is 129 Å². The summed E-state index contributed by atoms with van der Waals surface area (Å²) < 4.78 is 15.3. The molecule has 19 heavy (non-hydrogen) atoms. The number of hydrogen-bond donors (Lipinski definition) is 1. The molecule has 0 bridgehead atoms. The minimum Gasteiger partial charge on any atom is -1.00 e. The van der Waals surface area contributed by atoms with Gasteiger partial charge in [-0.15, -0.1) is 0 Å². The molecule has 1 heterocycles.